The minimum Gasteiger partial charge on any atom is -0.505 e. The summed E-state index contributed by atoms with van der Waals surface area (Å²) in [5, 5.41) is 10.0. The zero-order chi connectivity index (χ0) is 11.4. The van der Waals surface area contributed by atoms with Crippen LogP contribution in [0.2, 0.25) is 0 Å². The molecule has 2 fully saturated rings. The van der Waals surface area contributed by atoms with Crippen LogP contribution in [0.1, 0.15) is 32.1 Å². The molecule has 0 aromatic heterocycles. The standard InChI is InChI=1S/C13H23NO2/c1-16-10-4-5-11-12(6-7-13(11)15)14-8-2-3-9-14/h4,10-13,15H,2-3,5-9H2,1H3/t11-,12+,13+/m1/s1. The zero-order valence-electron chi connectivity index (χ0n) is 10.1. The molecule has 0 unspecified atom stereocenters. The van der Waals surface area contributed by atoms with Crippen molar-refractivity contribution in [1.29, 1.82) is 0 Å². The maximum Gasteiger partial charge on any atom is 0.0784 e. The van der Waals surface area contributed by atoms with Crippen LogP contribution in [0.15, 0.2) is 12.3 Å². The summed E-state index contributed by atoms with van der Waals surface area (Å²) in [5.41, 5.74) is 0. The molecule has 0 amide bonds. The molecule has 1 N–H and O–H groups in total. The van der Waals surface area contributed by atoms with Gasteiger partial charge in [0.05, 0.1) is 19.5 Å². The molecule has 3 atom stereocenters. The lowest BCUT2D eigenvalue weighted by molar-refractivity contribution is 0.0960. The van der Waals surface area contributed by atoms with Crippen molar-refractivity contribution < 1.29 is 9.84 Å². The number of hydrogen-bond donors (Lipinski definition) is 1. The number of methoxy groups -OCH3 is 1. The van der Waals surface area contributed by atoms with Gasteiger partial charge in [0.25, 0.3) is 0 Å². The highest BCUT2D eigenvalue weighted by Gasteiger charge is 2.38. The van der Waals surface area contributed by atoms with Crippen molar-refractivity contribution in [2.45, 2.75) is 44.2 Å². The lowest BCUT2D eigenvalue weighted by Gasteiger charge is -2.29. The molecule has 92 valence electrons. The van der Waals surface area contributed by atoms with Crippen molar-refractivity contribution in [2.75, 3.05) is 20.2 Å². The Morgan fingerprint density at radius 3 is 2.75 bits per heavy atom. The third-order valence-electron chi connectivity index (χ3n) is 4.00. The summed E-state index contributed by atoms with van der Waals surface area (Å²) in [6.07, 6.45) is 9.37. The van der Waals surface area contributed by atoms with E-state index in [0.29, 0.717) is 12.0 Å². The van der Waals surface area contributed by atoms with E-state index < -0.39 is 0 Å². The second-order valence-corrected chi connectivity index (χ2v) is 4.96. The number of nitrogens with zero attached hydrogens (tertiary/aromatic N) is 1. The Bertz CT molecular complexity index is 236. The summed E-state index contributed by atoms with van der Waals surface area (Å²) in [7, 11) is 1.67. The molecule has 1 heterocycles. The van der Waals surface area contributed by atoms with Gasteiger partial charge in [0.1, 0.15) is 0 Å². The summed E-state index contributed by atoms with van der Waals surface area (Å²) >= 11 is 0. The SMILES string of the molecule is COC=CC[C@H]1[C@@H](O)CC[C@@H]1N1CCCC1. The highest BCUT2D eigenvalue weighted by atomic mass is 16.5. The summed E-state index contributed by atoms with van der Waals surface area (Å²) < 4.78 is 4.92. The molecule has 16 heavy (non-hydrogen) atoms. The van der Waals surface area contributed by atoms with Gasteiger partial charge in [-0.25, -0.2) is 0 Å². The van der Waals surface area contributed by atoms with Crippen molar-refractivity contribution in [3.63, 3.8) is 0 Å². The van der Waals surface area contributed by atoms with Crippen LogP contribution in [0.3, 0.4) is 0 Å². The highest BCUT2D eigenvalue weighted by molar-refractivity contribution is 4.95. The maximum atomic E-state index is 10.0. The van der Waals surface area contributed by atoms with Crippen LogP contribution in [0.4, 0.5) is 0 Å². The Morgan fingerprint density at radius 2 is 2.06 bits per heavy atom. The number of ether oxygens (including phenoxy) is 1. The van der Waals surface area contributed by atoms with Crippen molar-refractivity contribution >= 4 is 0 Å². The van der Waals surface area contributed by atoms with Gasteiger partial charge in [-0.1, -0.05) is 0 Å². The third kappa shape index (κ3) is 2.58. The zero-order valence-corrected chi connectivity index (χ0v) is 10.1. The fourth-order valence-electron chi connectivity index (χ4n) is 3.18. The Kier molecular flexibility index (Phi) is 4.24. The quantitative estimate of drug-likeness (QED) is 0.740. The van der Waals surface area contributed by atoms with Gasteiger partial charge in [-0.05, 0) is 51.3 Å². The largest absolute Gasteiger partial charge is 0.505 e. The van der Waals surface area contributed by atoms with Gasteiger partial charge in [-0.15, -0.1) is 0 Å². The lowest BCUT2D eigenvalue weighted by atomic mass is 9.96. The minimum atomic E-state index is -0.118. The molecule has 0 bridgehead atoms. The molecule has 0 aromatic carbocycles. The van der Waals surface area contributed by atoms with E-state index in [1.807, 2.05) is 6.08 Å². The number of likely N-dealkylation sites (tertiary alicyclic amines) is 1. The van der Waals surface area contributed by atoms with E-state index in [4.69, 9.17) is 4.74 Å². The predicted molar refractivity (Wildman–Crippen MR) is 64.1 cm³/mol. The van der Waals surface area contributed by atoms with Gasteiger partial charge in [-0.2, -0.15) is 0 Å². The Hall–Kier alpha value is -0.540. The molecule has 1 saturated carbocycles. The van der Waals surface area contributed by atoms with Gasteiger partial charge in [0.15, 0.2) is 0 Å². The first-order valence-electron chi connectivity index (χ1n) is 6.43. The molecule has 1 aliphatic heterocycles. The predicted octanol–water partition coefficient (Wildman–Crippen LogP) is 1.77. The van der Waals surface area contributed by atoms with E-state index in [0.717, 1.165) is 19.3 Å². The molecule has 3 nitrogen and oxygen atoms in total. The summed E-state index contributed by atoms with van der Waals surface area (Å²) in [4.78, 5) is 2.57. The second-order valence-electron chi connectivity index (χ2n) is 4.96. The van der Waals surface area contributed by atoms with Crippen LogP contribution in [0.5, 0.6) is 0 Å². The van der Waals surface area contributed by atoms with Crippen LogP contribution < -0.4 is 0 Å². The molecule has 1 aliphatic carbocycles. The molecular formula is C13H23NO2. The Morgan fingerprint density at radius 1 is 1.31 bits per heavy atom. The summed E-state index contributed by atoms with van der Waals surface area (Å²) in [5.74, 6) is 0.407. The molecule has 3 heteroatoms. The average molecular weight is 225 g/mol. The van der Waals surface area contributed by atoms with Crippen molar-refractivity contribution in [3.8, 4) is 0 Å². The van der Waals surface area contributed by atoms with Crippen molar-refractivity contribution in [3.05, 3.63) is 12.3 Å². The van der Waals surface area contributed by atoms with Gasteiger partial charge in [0, 0.05) is 12.0 Å². The number of aliphatic hydroxyl groups is 1. The molecule has 2 aliphatic rings. The monoisotopic (exact) mass is 225 g/mol. The second kappa shape index (κ2) is 5.69. The van der Waals surface area contributed by atoms with Crippen LogP contribution in [0, 0.1) is 5.92 Å². The van der Waals surface area contributed by atoms with Gasteiger partial charge in [0.2, 0.25) is 0 Å². The molecule has 0 aromatic rings. The number of aliphatic hydroxyl groups excluding tert-OH is 1. The van der Waals surface area contributed by atoms with E-state index in [9.17, 15) is 5.11 Å². The van der Waals surface area contributed by atoms with E-state index in [1.54, 1.807) is 13.4 Å². The van der Waals surface area contributed by atoms with E-state index in [1.165, 1.54) is 25.9 Å². The summed E-state index contributed by atoms with van der Waals surface area (Å²) in [6, 6.07) is 0.596. The first kappa shape index (κ1) is 11.9. The first-order valence-corrected chi connectivity index (χ1v) is 6.43. The molecule has 1 saturated heterocycles. The Labute approximate surface area is 98.1 Å². The first-order chi connectivity index (χ1) is 7.83. The number of rotatable bonds is 4. The van der Waals surface area contributed by atoms with Gasteiger partial charge < -0.3 is 9.84 Å². The lowest BCUT2D eigenvalue weighted by Crippen LogP contribution is -2.37. The van der Waals surface area contributed by atoms with Crippen LogP contribution >= 0.6 is 0 Å². The van der Waals surface area contributed by atoms with Gasteiger partial charge in [-0.3, -0.25) is 4.90 Å². The van der Waals surface area contributed by atoms with Crippen molar-refractivity contribution in [2.24, 2.45) is 5.92 Å². The molecule has 0 spiro atoms. The third-order valence-corrected chi connectivity index (χ3v) is 4.00. The fourth-order valence-corrected chi connectivity index (χ4v) is 3.18. The summed E-state index contributed by atoms with van der Waals surface area (Å²) in [6.45, 7) is 2.45. The van der Waals surface area contributed by atoms with Crippen molar-refractivity contribution in [1.82, 2.24) is 4.90 Å². The topological polar surface area (TPSA) is 32.7 Å². The van der Waals surface area contributed by atoms with Crippen LogP contribution in [-0.4, -0.2) is 42.4 Å². The fraction of sp³-hybridized carbons (Fsp3) is 0.846. The van der Waals surface area contributed by atoms with E-state index in [2.05, 4.69) is 4.90 Å². The maximum absolute atomic E-state index is 10.0. The number of allylic oxidation sites excluding steroid dienone is 1. The minimum absolute atomic E-state index is 0.118. The van der Waals surface area contributed by atoms with Crippen LogP contribution in [0.25, 0.3) is 0 Å². The number of hydrogen-bond acceptors (Lipinski definition) is 3. The Balaban J connectivity index is 1.92. The smallest absolute Gasteiger partial charge is 0.0784 e. The molecule has 0 radical (unpaired) electrons. The highest BCUT2D eigenvalue weighted by Crippen LogP contribution is 2.34. The molecular weight excluding hydrogens is 202 g/mol. The normalized spacial score (nSPS) is 36.2. The molecule has 2 rings (SSSR count). The van der Waals surface area contributed by atoms with Gasteiger partial charge >= 0.3 is 0 Å². The van der Waals surface area contributed by atoms with Crippen LogP contribution in [-0.2, 0) is 4.74 Å². The van der Waals surface area contributed by atoms with E-state index in [-0.39, 0.29) is 6.10 Å². The average Bonchev–Trinajstić information content (AvgIpc) is 2.89. The van der Waals surface area contributed by atoms with E-state index >= 15 is 0 Å².